The number of hydrogen-bond donors (Lipinski definition) is 1. The summed E-state index contributed by atoms with van der Waals surface area (Å²) in [5.41, 5.74) is 11.0. The van der Waals surface area contributed by atoms with Gasteiger partial charge in [-0.05, 0) is 76.3 Å². The number of methoxy groups -OCH3 is 1. The van der Waals surface area contributed by atoms with Crippen molar-refractivity contribution in [3.63, 3.8) is 0 Å². The van der Waals surface area contributed by atoms with E-state index in [1.165, 1.54) is 5.56 Å². The molecule has 2 N–H and O–H groups in total. The Morgan fingerprint density at radius 2 is 1.74 bits per heavy atom. The zero-order chi connectivity index (χ0) is 26.4. The molecule has 0 radical (unpaired) electrons. The number of ether oxygens (including phenoxy) is 1. The van der Waals surface area contributed by atoms with Crippen LogP contribution < -0.4 is 5.73 Å². The van der Waals surface area contributed by atoms with Gasteiger partial charge in [-0.15, -0.1) is 0 Å². The highest BCUT2D eigenvalue weighted by atomic mass is 79.9. The Labute approximate surface area is 220 Å². The summed E-state index contributed by atoms with van der Waals surface area (Å²) in [7, 11) is 8.00. The number of amides is 1. The Morgan fingerprint density at radius 1 is 1.11 bits per heavy atom. The fourth-order valence-corrected chi connectivity index (χ4v) is 3.79. The van der Waals surface area contributed by atoms with Gasteiger partial charge in [0.2, 0.25) is 6.41 Å². The minimum absolute atomic E-state index is 0.00863. The summed E-state index contributed by atoms with van der Waals surface area (Å²) in [6.45, 7) is 12.6. The van der Waals surface area contributed by atoms with Crippen molar-refractivity contribution < 1.29 is 9.53 Å². The molecule has 0 bridgehead atoms. The van der Waals surface area contributed by atoms with E-state index in [0.717, 1.165) is 53.8 Å². The molecule has 0 aliphatic carbocycles. The van der Waals surface area contributed by atoms with Gasteiger partial charge in [0.05, 0.1) is 6.04 Å². The van der Waals surface area contributed by atoms with Gasteiger partial charge in [-0.1, -0.05) is 46.8 Å². The van der Waals surface area contributed by atoms with Crippen LogP contribution >= 0.6 is 15.9 Å². The van der Waals surface area contributed by atoms with Crippen LogP contribution in [0.4, 0.5) is 5.69 Å². The van der Waals surface area contributed by atoms with Gasteiger partial charge in [0.1, 0.15) is 0 Å². The first-order valence-electron chi connectivity index (χ1n) is 12.0. The van der Waals surface area contributed by atoms with Crippen LogP contribution in [0, 0.1) is 0 Å². The van der Waals surface area contributed by atoms with Crippen LogP contribution in [0.5, 0.6) is 0 Å². The predicted molar refractivity (Wildman–Crippen MR) is 152 cm³/mol. The lowest BCUT2D eigenvalue weighted by molar-refractivity contribution is -0.119. The molecule has 0 aliphatic rings. The van der Waals surface area contributed by atoms with Gasteiger partial charge in [-0.3, -0.25) is 4.79 Å². The maximum absolute atomic E-state index is 11.8. The molecule has 2 aromatic rings. The molecular formula is C28H43BrN4O2. The summed E-state index contributed by atoms with van der Waals surface area (Å²) in [6.07, 6.45) is 1.59. The first-order valence-corrected chi connectivity index (χ1v) is 12.8. The number of nitrogens with zero attached hydrogens (tertiary/aromatic N) is 3. The average Bonchev–Trinajstić information content (AvgIpc) is 2.84. The van der Waals surface area contributed by atoms with Crippen LogP contribution in [0.15, 0.2) is 53.5 Å². The highest BCUT2D eigenvalue weighted by Gasteiger charge is 2.15. The highest BCUT2D eigenvalue weighted by Crippen LogP contribution is 2.28. The standard InChI is InChI=1S/C25H35BrN4O.C3H8O/c1-19(24-16-23(26)10-11-25(24)27)12-13-30(18-31)20(2)22-8-6-21(7-9-22)17-29(5)15-14-28(3)4;1-3-4-2/h6-11,16,18,20H,1,12-15,17,27H2,2-5H3;3H2,1-2H3. The van der Waals surface area contributed by atoms with Crippen molar-refractivity contribution in [3.8, 4) is 0 Å². The normalized spacial score (nSPS) is 11.7. The van der Waals surface area contributed by atoms with Gasteiger partial charge in [-0.25, -0.2) is 0 Å². The van der Waals surface area contributed by atoms with Gasteiger partial charge in [0.25, 0.3) is 0 Å². The molecule has 1 atom stereocenters. The molecule has 1 amide bonds. The summed E-state index contributed by atoms with van der Waals surface area (Å²) in [5, 5.41) is 0. The summed E-state index contributed by atoms with van der Waals surface area (Å²) >= 11 is 3.48. The third-order valence-electron chi connectivity index (χ3n) is 5.83. The molecule has 2 aromatic carbocycles. The van der Waals surface area contributed by atoms with Crippen molar-refractivity contribution in [2.24, 2.45) is 0 Å². The number of nitrogens with two attached hydrogens (primary N) is 1. The minimum atomic E-state index is -0.00863. The van der Waals surface area contributed by atoms with Crippen molar-refractivity contribution >= 4 is 33.6 Å². The molecule has 194 valence electrons. The SMILES string of the molecule is C=C(CCN(C=O)C(C)c1ccc(CN(C)CCN(C)C)cc1)c1cc(Br)ccc1N.CCOC. The van der Waals surface area contributed by atoms with E-state index in [0.29, 0.717) is 18.7 Å². The molecule has 0 saturated heterocycles. The molecule has 6 nitrogen and oxygen atoms in total. The molecule has 0 heterocycles. The van der Waals surface area contributed by atoms with Crippen molar-refractivity contribution in [1.29, 1.82) is 0 Å². The smallest absolute Gasteiger partial charge is 0.210 e. The Kier molecular flexibility index (Phi) is 14.5. The quantitative estimate of drug-likeness (QED) is 0.273. The van der Waals surface area contributed by atoms with Gasteiger partial charge < -0.3 is 25.2 Å². The Bertz CT molecular complexity index is 900. The molecular weight excluding hydrogens is 504 g/mol. The molecule has 0 saturated carbocycles. The molecule has 0 aliphatic heterocycles. The van der Waals surface area contributed by atoms with Gasteiger partial charge in [0.15, 0.2) is 0 Å². The second-order valence-corrected chi connectivity index (χ2v) is 9.88. The van der Waals surface area contributed by atoms with E-state index in [-0.39, 0.29) is 6.04 Å². The van der Waals surface area contributed by atoms with Crippen LogP contribution in [-0.4, -0.2) is 75.6 Å². The number of carbonyl (C=O) groups is 1. The number of rotatable bonds is 13. The molecule has 7 heteroatoms. The highest BCUT2D eigenvalue weighted by molar-refractivity contribution is 9.10. The average molecular weight is 548 g/mol. The Balaban J connectivity index is 0.00000142. The van der Waals surface area contributed by atoms with Gasteiger partial charge in [-0.2, -0.15) is 0 Å². The fraction of sp³-hybridized carbons (Fsp3) is 0.464. The second kappa shape index (κ2) is 16.5. The second-order valence-electron chi connectivity index (χ2n) is 8.96. The van der Waals surface area contributed by atoms with Crippen molar-refractivity contribution in [2.75, 3.05) is 60.2 Å². The van der Waals surface area contributed by atoms with Crippen LogP contribution in [0.1, 0.15) is 43.0 Å². The van der Waals surface area contributed by atoms with Gasteiger partial charge in [0, 0.05) is 55.6 Å². The molecule has 0 aromatic heterocycles. The summed E-state index contributed by atoms with van der Waals surface area (Å²) in [4.78, 5) is 18.1. The van der Waals surface area contributed by atoms with Crippen molar-refractivity contribution in [1.82, 2.24) is 14.7 Å². The monoisotopic (exact) mass is 546 g/mol. The largest absolute Gasteiger partial charge is 0.398 e. The summed E-state index contributed by atoms with van der Waals surface area (Å²) < 4.78 is 5.51. The molecule has 0 spiro atoms. The zero-order valence-corrected chi connectivity index (χ0v) is 23.8. The third kappa shape index (κ3) is 11.4. The van der Waals surface area contributed by atoms with Crippen LogP contribution in [0.2, 0.25) is 0 Å². The lowest BCUT2D eigenvalue weighted by Crippen LogP contribution is -2.28. The lowest BCUT2D eigenvalue weighted by Gasteiger charge is -2.26. The maximum atomic E-state index is 11.8. The van der Waals surface area contributed by atoms with Crippen molar-refractivity contribution in [3.05, 3.63) is 70.2 Å². The van der Waals surface area contributed by atoms with E-state index in [9.17, 15) is 4.79 Å². The van der Waals surface area contributed by atoms with E-state index >= 15 is 0 Å². The zero-order valence-electron chi connectivity index (χ0n) is 22.3. The van der Waals surface area contributed by atoms with Crippen molar-refractivity contribution in [2.45, 2.75) is 32.9 Å². The Morgan fingerprint density at radius 3 is 2.29 bits per heavy atom. The van der Waals surface area contributed by atoms with Crippen LogP contribution in [-0.2, 0) is 16.1 Å². The molecule has 1 unspecified atom stereocenters. The maximum Gasteiger partial charge on any atom is 0.210 e. The summed E-state index contributed by atoms with van der Waals surface area (Å²) in [6, 6.07) is 14.3. The fourth-order valence-electron chi connectivity index (χ4n) is 3.43. The number of halogens is 1. The van der Waals surface area contributed by atoms with Gasteiger partial charge >= 0.3 is 0 Å². The number of carbonyl (C=O) groups excluding carboxylic acids is 1. The van der Waals surface area contributed by atoms with Crippen LogP contribution in [0.25, 0.3) is 5.57 Å². The number of anilines is 1. The number of benzene rings is 2. The number of hydrogen-bond acceptors (Lipinski definition) is 5. The van der Waals surface area contributed by atoms with E-state index in [4.69, 9.17) is 5.73 Å². The van der Waals surface area contributed by atoms with E-state index in [1.807, 2.05) is 30.0 Å². The van der Waals surface area contributed by atoms with E-state index in [2.05, 4.69) is 89.4 Å². The first-order chi connectivity index (χ1) is 16.6. The molecule has 2 rings (SSSR count). The number of nitrogen functional groups attached to an aromatic ring is 1. The van der Waals surface area contributed by atoms with Crippen LogP contribution in [0.3, 0.4) is 0 Å². The molecule has 35 heavy (non-hydrogen) atoms. The topological polar surface area (TPSA) is 62.0 Å². The summed E-state index contributed by atoms with van der Waals surface area (Å²) in [5.74, 6) is 0. The first kappa shape index (κ1) is 30.8. The Hall–Kier alpha value is -2.19. The number of likely N-dealkylation sites (N-methyl/N-ethyl adjacent to an activating group) is 2. The van der Waals surface area contributed by atoms with E-state index in [1.54, 1.807) is 7.11 Å². The van der Waals surface area contributed by atoms with E-state index < -0.39 is 0 Å². The minimum Gasteiger partial charge on any atom is -0.398 e. The third-order valence-corrected chi connectivity index (χ3v) is 6.33. The predicted octanol–water partition coefficient (Wildman–Crippen LogP) is 5.30. The molecule has 0 fully saturated rings. The lowest BCUT2D eigenvalue weighted by atomic mass is 10.0.